The average Bonchev–Trinajstić information content (AvgIpc) is 3.27. The number of pyridine rings is 2. The summed E-state index contributed by atoms with van der Waals surface area (Å²) in [5.74, 6) is 0.939. The van der Waals surface area contributed by atoms with Crippen molar-refractivity contribution in [3.63, 3.8) is 0 Å². The van der Waals surface area contributed by atoms with Crippen molar-refractivity contribution in [3.8, 4) is 28.5 Å². The Balaban J connectivity index is 1.23. The molecular formula is C26H26N4O3. The maximum atomic E-state index is 10.9. The third-order valence-corrected chi connectivity index (χ3v) is 6.33. The molecule has 0 unspecified atom stereocenters. The number of aliphatic carboxylic acids is 1. The van der Waals surface area contributed by atoms with Gasteiger partial charge in [0.25, 0.3) is 0 Å². The zero-order valence-electron chi connectivity index (χ0n) is 18.5. The van der Waals surface area contributed by atoms with Crippen molar-refractivity contribution in [2.75, 3.05) is 0 Å². The summed E-state index contributed by atoms with van der Waals surface area (Å²) in [5, 5.41) is 8.95. The molecular weight excluding hydrogens is 416 g/mol. The largest absolute Gasteiger partial charge is 0.481 e. The van der Waals surface area contributed by atoms with Crippen LogP contribution < -0.4 is 4.74 Å². The van der Waals surface area contributed by atoms with Gasteiger partial charge >= 0.3 is 5.97 Å². The molecule has 2 N–H and O–H groups in total. The molecule has 0 aliphatic heterocycles. The lowest BCUT2D eigenvalue weighted by Crippen LogP contribution is -2.25. The minimum Gasteiger partial charge on any atom is -0.481 e. The van der Waals surface area contributed by atoms with Crippen LogP contribution in [0, 0.1) is 12.8 Å². The van der Waals surface area contributed by atoms with E-state index in [0.717, 1.165) is 64.9 Å². The molecule has 3 heterocycles. The lowest BCUT2D eigenvalue weighted by molar-refractivity contribution is -0.138. The highest BCUT2D eigenvalue weighted by atomic mass is 16.5. The number of hydrogen-bond acceptors (Lipinski definition) is 5. The van der Waals surface area contributed by atoms with Crippen molar-refractivity contribution in [1.82, 2.24) is 19.9 Å². The van der Waals surface area contributed by atoms with Crippen molar-refractivity contribution >= 4 is 17.0 Å². The maximum Gasteiger partial charge on any atom is 0.303 e. The second-order valence-electron chi connectivity index (χ2n) is 8.73. The van der Waals surface area contributed by atoms with Crippen LogP contribution in [0.3, 0.4) is 0 Å². The summed E-state index contributed by atoms with van der Waals surface area (Å²) in [6, 6.07) is 13.9. The monoisotopic (exact) mass is 442 g/mol. The van der Waals surface area contributed by atoms with Crippen LogP contribution in [0.15, 0.2) is 54.9 Å². The highest BCUT2D eigenvalue weighted by molar-refractivity contribution is 5.82. The van der Waals surface area contributed by atoms with Gasteiger partial charge < -0.3 is 14.8 Å². The Labute approximate surface area is 191 Å². The first-order valence-electron chi connectivity index (χ1n) is 11.3. The van der Waals surface area contributed by atoms with E-state index in [0.29, 0.717) is 5.88 Å². The zero-order valence-corrected chi connectivity index (χ0v) is 18.5. The molecule has 33 heavy (non-hydrogen) atoms. The molecule has 1 fully saturated rings. The number of fused-ring (bicyclic) bond motifs is 1. The van der Waals surface area contributed by atoms with Crippen molar-refractivity contribution < 1.29 is 14.6 Å². The third-order valence-electron chi connectivity index (χ3n) is 6.33. The molecule has 0 atom stereocenters. The number of para-hydroxylation sites is 1. The van der Waals surface area contributed by atoms with Gasteiger partial charge in [0.15, 0.2) is 0 Å². The molecule has 4 aromatic rings. The maximum absolute atomic E-state index is 10.9. The summed E-state index contributed by atoms with van der Waals surface area (Å²) in [7, 11) is 0. The number of carboxylic acids is 1. The Kier molecular flexibility index (Phi) is 5.77. The molecule has 0 bridgehead atoms. The Morgan fingerprint density at radius 1 is 1.03 bits per heavy atom. The number of imidazole rings is 1. The van der Waals surface area contributed by atoms with Gasteiger partial charge in [0.1, 0.15) is 11.9 Å². The highest BCUT2D eigenvalue weighted by Crippen LogP contribution is 2.30. The molecule has 0 amide bonds. The number of aryl methyl sites for hydroxylation is 1. The number of H-pyrrole nitrogens is 1. The number of carboxylic acid groups (broad SMARTS) is 1. The summed E-state index contributed by atoms with van der Waals surface area (Å²) < 4.78 is 6.02. The van der Waals surface area contributed by atoms with Crippen LogP contribution in [0.25, 0.3) is 33.7 Å². The topological polar surface area (TPSA) is 101 Å². The molecule has 5 rings (SSSR count). The van der Waals surface area contributed by atoms with Crippen LogP contribution in [0.5, 0.6) is 5.88 Å². The van der Waals surface area contributed by atoms with Crippen LogP contribution in [0.4, 0.5) is 0 Å². The molecule has 1 aromatic carbocycles. The number of hydrogen-bond donors (Lipinski definition) is 2. The van der Waals surface area contributed by atoms with E-state index in [4.69, 9.17) is 14.8 Å². The van der Waals surface area contributed by atoms with Crippen molar-refractivity contribution in [2.24, 2.45) is 5.92 Å². The van der Waals surface area contributed by atoms with Gasteiger partial charge in [-0.15, -0.1) is 0 Å². The predicted octanol–water partition coefficient (Wildman–Crippen LogP) is 5.41. The van der Waals surface area contributed by atoms with E-state index in [1.807, 2.05) is 42.6 Å². The number of nitrogens with one attached hydrogen (secondary N) is 1. The average molecular weight is 443 g/mol. The van der Waals surface area contributed by atoms with Crippen LogP contribution in [-0.2, 0) is 4.79 Å². The van der Waals surface area contributed by atoms with Gasteiger partial charge in [-0.2, -0.15) is 0 Å². The molecule has 1 aliphatic rings. The quantitative estimate of drug-likeness (QED) is 0.414. The van der Waals surface area contributed by atoms with Crippen LogP contribution in [0.1, 0.15) is 37.7 Å². The lowest BCUT2D eigenvalue weighted by Gasteiger charge is -2.27. The first-order chi connectivity index (χ1) is 16.0. The minimum atomic E-state index is -0.717. The highest BCUT2D eigenvalue weighted by Gasteiger charge is 2.24. The van der Waals surface area contributed by atoms with Crippen LogP contribution >= 0.6 is 0 Å². The van der Waals surface area contributed by atoms with Gasteiger partial charge in [-0.05, 0) is 68.4 Å². The summed E-state index contributed by atoms with van der Waals surface area (Å²) in [6.07, 6.45) is 7.45. The van der Waals surface area contributed by atoms with Gasteiger partial charge in [-0.1, -0.05) is 12.1 Å². The minimum absolute atomic E-state index is 0.0956. The zero-order chi connectivity index (χ0) is 22.8. The summed E-state index contributed by atoms with van der Waals surface area (Å²) in [5.41, 5.74) is 5.82. The van der Waals surface area contributed by atoms with Crippen molar-refractivity contribution in [3.05, 3.63) is 60.4 Å². The second-order valence-corrected chi connectivity index (χ2v) is 8.73. The van der Waals surface area contributed by atoms with E-state index >= 15 is 0 Å². The number of nitrogens with zero attached hydrogens (tertiary/aromatic N) is 3. The van der Waals surface area contributed by atoms with Crippen LogP contribution in [0.2, 0.25) is 0 Å². The van der Waals surface area contributed by atoms with E-state index in [1.54, 1.807) is 6.20 Å². The number of aromatic amines is 1. The SMILES string of the molecule is Cc1cccc2[nH]c(-c3ccc(-c4ccc(OC5CCC(CC(=O)O)CC5)nc4)nc3)nc12. The second kappa shape index (κ2) is 9.02. The summed E-state index contributed by atoms with van der Waals surface area (Å²) >= 11 is 0. The van der Waals surface area contributed by atoms with Crippen LogP contribution in [-0.4, -0.2) is 37.1 Å². The first-order valence-corrected chi connectivity index (χ1v) is 11.3. The number of rotatable bonds is 6. The van der Waals surface area contributed by atoms with Gasteiger partial charge in [0.05, 0.1) is 16.7 Å². The van der Waals surface area contributed by atoms with Crippen molar-refractivity contribution in [1.29, 1.82) is 0 Å². The fourth-order valence-corrected chi connectivity index (χ4v) is 4.49. The van der Waals surface area contributed by atoms with Gasteiger partial charge in [0, 0.05) is 36.0 Å². The normalized spacial score (nSPS) is 18.3. The van der Waals surface area contributed by atoms with E-state index in [-0.39, 0.29) is 18.4 Å². The Bertz CT molecular complexity index is 1260. The van der Waals surface area contributed by atoms with E-state index in [1.165, 1.54) is 0 Å². The number of carbonyl (C=O) groups is 1. The molecule has 7 nitrogen and oxygen atoms in total. The van der Waals surface area contributed by atoms with Crippen molar-refractivity contribution in [2.45, 2.75) is 45.1 Å². The summed E-state index contributed by atoms with van der Waals surface area (Å²) in [4.78, 5) is 28.0. The number of aromatic nitrogens is 4. The molecule has 3 aromatic heterocycles. The van der Waals surface area contributed by atoms with Gasteiger partial charge in [-0.3, -0.25) is 9.78 Å². The lowest BCUT2D eigenvalue weighted by atomic mass is 9.85. The molecule has 0 saturated heterocycles. The molecule has 168 valence electrons. The van der Waals surface area contributed by atoms with Gasteiger partial charge in [0.2, 0.25) is 5.88 Å². The fraction of sp³-hybridized carbons (Fsp3) is 0.308. The Morgan fingerprint density at radius 2 is 1.82 bits per heavy atom. The Hall–Kier alpha value is -3.74. The molecule has 0 spiro atoms. The standard InChI is InChI=1S/C26H26N4O3/c1-16-3-2-4-22-25(16)30-26(29-22)19-7-11-21(27-15-19)18-8-12-23(28-14-18)33-20-9-5-17(6-10-20)13-24(31)32/h2-4,7-8,11-12,14-15,17,20H,5-6,9-10,13H2,1H3,(H,29,30)(H,31,32). The van der Waals surface area contributed by atoms with Gasteiger partial charge in [-0.25, -0.2) is 9.97 Å². The summed E-state index contributed by atoms with van der Waals surface area (Å²) in [6.45, 7) is 2.05. The predicted molar refractivity (Wildman–Crippen MR) is 126 cm³/mol. The fourth-order valence-electron chi connectivity index (χ4n) is 4.49. The van der Waals surface area contributed by atoms with E-state index in [2.05, 4.69) is 27.9 Å². The molecule has 1 aliphatic carbocycles. The number of ether oxygens (including phenoxy) is 1. The number of benzene rings is 1. The molecule has 7 heteroatoms. The Morgan fingerprint density at radius 3 is 2.48 bits per heavy atom. The third kappa shape index (κ3) is 4.72. The van der Waals surface area contributed by atoms with E-state index < -0.39 is 5.97 Å². The van der Waals surface area contributed by atoms with E-state index in [9.17, 15) is 4.79 Å². The first kappa shape index (κ1) is 21.1. The smallest absolute Gasteiger partial charge is 0.303 e. The molecule has 1 saturated carbocycles. The molecule has 0 radical (unpaired) electrons.